The van der Waals surface area contributed by atoms with Gasteiger partial charge in [0.25, 0.3) is 0 Å². The largest absolute Gasteiger partial charge is 0.343 e. The van der Waals surface area contributed by atoms with Crippen molar-refractivity contribution in [3.8, 4) is 0 Å². The standard InChI is InChI=1S/C10H18O3/c1-9(2)5-8-12-10(13-11)6-3-4-7-10/h5,11H,3-4,6-8H2,1-2H3. The van der Waals surface area contributed by atoms with Gasteiger partial charge in [0.1, 0.15) is 0 Å². The Balaban J connectivity index is 2.36. The number of hydrogen-bond donors (Lipinski definition) is 1. The maximum absolute atomic E-state index is 8.74. The van der Waals surface area contributed by atoms with Crippen molar-refractivity contribution in [2.24, 2.45) is 0 Å². The fourth-order valence-corrected chi connectivity index (χ4v) is 1.54. The van der Waals surface area contributed by atoms with Crippen LogP contribution in [-0.2, 0) is 9.62 Å². The third-order valence-corrected chi connectivity index (χ3v) is 2.37. The van der Waals surface area contributed by atoms with E-state index >= 15 is 0 Å². The Kier molecular flexibility index (Phi) is 3.90. The van der Waals surface area contributed by atoms with E-state index in [2.05, 4.69) is 4.89 Å². The highest BCUT2D eigenvalue weighted by Crippen LogP contribution is 2.33. The van der Waals surface area contributed by atoms with Crippen molar-refractivity contribution in [3.05, 3.63) is 11.6 Å². The monoisotopic (exact) mass is 186 g/mol. The second kappa shape index (κ2) is 4.74. The number of allylic oxidation sites excluding steroid dienone is 1. The van der Waals surface area contributed by atoms with E-state index in [4.69, 9.17) is 9.99 Å². The lowest BCUT2D eigenvalue weighted by Crippen LogP contribution is -2.31. The highest BCUT2D eigenvalue weighted by molar-refractivity contribution is 4.93. The van der Waals surface area contributed by atoms with Gasteiger partial charge in [-0.1, -0.05) is 11.6 Å². The van der Waals surface area contributed by atoms with Crippen molar-refractivity contribution in [1.82, 2.24) is 0 Å². The predicted octanol–water partition coefficient (Wildman–Crippen LogP) is 2.73. The molecule has 13 heavy (non-hydrogen) atoms. The third kappa shape index (κ3) is 3.10. The number of ether oxygens (including phenoxy) is 1. The maximum atomic E-state index is 8.74. The Bertz CT molecular complexity index is 177. The summed E-state index contributed by atoms with van der Waals surface area (Å²) in [6.07, 6.45) is 5.70. The van der Waals surface area contributed by atoms with E-state index in [0.717, 1.165) is 25.7 Å². The second-order valence-corrected chi connectivity index (χ2v) is 3.80. The van der Waals surface area contributed by atoms with Crippen molar-refractivity contribution >= 4 is 0 Å². The molecule has 1 aliphatic rings. The van der Waals surface area contributed by atoms with Crippen molar-refractivity contribution in [2.75, 3.05) is 6.61 Å². The van der Waals surface area contributed by atoms with Crippen LogP contribution in [0.25, 0.3) is 0 Å². The van der Waals surface area contributed by atoms with E-state index in [0.29, 0.717) is 6.61 Å². The molecule has 0 bridgehead atoms. The second-order valence-electron chi connectivity index (χ2n) is 3.80. The molecule has 0 amide bonds. The van der Waals surface area contributed by atoms with Crippen LogP contribution in [0.5, 0.6) is 0 Å². The number of hydrogen-bond acceptors (Lipinski definition) is 3. The van der Waals surface area contributed by atoms with Crippen LogP contribution in [0, 0.1) is 0 Å². The SMILES string of the molecule is CC(C)=CCOC1(OO)CCCC1. The zero-order chi connectivity index (χ0) is 9.73. The minimum absolute atomic E-state index is 0.517. The topological polar surface area (TPSA) is 38.7 Å². The average molecular weight is 186 g/mol. The molecule has 0 aromatic rings. The third-order valence-electron chi connectivity index (χ3n) is 2.37. The quantitative estimate of drug-likeness (QED) is 0.317. The van der Waals surface area contributed by atoms with E-state index < -0.39 is 5.79 Å². The first-order valence-corrected chi connectivity index (χ1v) is 4.78. The molecule has 1 fully saturated rings. The van der Waals surface area contributed by atoms with Crippen LogP contribution >= 0.6 is 0 Å². The van der Waals surface area contributed by atoms with Crippen LogP contribution in [-0.4, -0.2) is 17.7 Å². The molecule has 0 heterocycles. The van der Waals surface area contributed by atoms with Gasteiger partial charge < -0.3 is 4.74 Å². The van der Waals surface area contributed by atoms with Gasteiger partial charge in [0.15, 0.2) is 0 Å². The molecule has 1 saturated carbocycles. The van der Waals surface area contributed by atoms with Crippen LogP contribution < -0.4 is 0 Å². The lowest BCUT2D eigenvalue weighted by molar-refractivity contribution is -0.399. The molecule has 0 atom stereocenters. The summed E-state index contributed by atoms with van der Waals surface area (Å²) < 4.78 is 5.50. The Morgan fingerprint density at radius 3 is 2.46 bits per heavy atom. The maximum Gasteiger partial charge on any atom is 0.201 e. The first-order valence-electron chi connectivity index (χ1n) is 4.78. The van der Waals surface area contributed by atoms with Gasteiger partial charge in [-0.15, -0.1) is 0 Å². The van der Waals surface area contributed by atoms with Crippen LogP contribution in [0.3, 0.4) is 0 Å². The Hall–Kier alpha value is -0.380. The van der Waals surface area contributed by atoms with Crippen LogP contribution in [0.1, 0.15) is 39.5 Å². The van der Waals surface area contributed by atoms with Crippen molar-refractivity contribution in [2.45, 2.75) is 45.3 Å². The molecule has 0 aromatic carbocycles. The Morgan fingerprint density at radius 1 is 1.38 bits per heavy atom. The van der Waals surface area contributed by atoms with Crippen LogP contribution in [0.2, 0.25) is 0 Å². The molecule has 76 valence electrons. The molecule has 1 N–H and O–H groups in total. The van der Waals surface area contributed by atoms with Gasteiger partial charge in [-0.05, 0) is 26.7 Å². The first kappa shape index (κ1) is 10.7. The zero-order valence-corrected chi connectivity index (χ0v) is 8.38. The first-order chi connectivity index (χ1) is 6.18. The van der Waals surface area contributed by atoms with Gasteiger partial charge in [-0.3, -0.25) is 0 Å². The molecule has 3 heteroatoms. The molecule has 0 aromatic heterocycles. The van der Waals surface area contributed by atoms with Gasteiger partial charge >= 0.3 is 0 Å². The molecule has 1 aliphatic carbocycles. The lowest BCUT2D eigenvalue weighted by atomic mass is 10.2. The van der Waals surface area contributed by atoms with Crippen LogP contribution in [0.4, 0.5) is 0 Å². The summed E-state index contributed by atoms with van der Waals surface area (Å²) in [5, 5.41) is 8.74. The zero-order valence-electron chi connectivity index (χ0n) is 8.38. The minimum atomic E-state index is -0.716. The van der Waals surface area contributed by atoms with E-state index in [-0.39, 0.29) is 0 Å². The number of rotatable bonds is 4. The average Bonchev–Trinajstić information content (AvgIpc) is 2.53. The highest BCUT2D eigenvalue weighted by atomic mass is 17.1. The van der Waals surface area contributed by atoms with E-state index in [1.54, 1.807) is 0 Å². The summed E-state index contributed by atoms with van der Waals surface area (Å²) in [6.45, 7) is 4.55. The Labute approximate surface area is 79.3 Å². The summed E-state index contributed by atoms with van der Waals surface area (Å²) in [4.78, 5) is 4.43. The van der Waals surface area contributed by atoms with Crippen molar-refractivity contribution in [3.63, 3.8) is 0 Å². The molecule has 1 rings (SSSR count). The molecule has 0 spiro atoms. The molecule has 0 aliphatic heterocycles. The Morgan fingerprint density at radius 2 is 2.00 bits per heavy atom. The lowest BCUT2D eigenvalue weighted by Gasteiger charge is -2.24. The van der Waals surface area contributed by atoms with Gasteiger partial charge in [0.05, 0.1) is 6.61 Å². The fraction of sp³-hybridized carbons (Fsp3) is 0.800. The molecule has 0 radical (unpaired) electrons. The fourth-order valence-electron chi connectivity index (χ4n) is 1.54. The molecular formula is C10H18O3. The summed E-state index contributed by atoms with van der Waals surface area (Å²) in [6, 6.07) is 0. The van der Waals surface area contributed by atoms with E-state index in [1.807, 2.05) is 19.9 Å². The molecule has 0 saturated heterocycles. The van der Waals surface area contributed by atoms with E-state index in [1.165, 1.54) is 5.57 Å². The van der Waals surface area contributed by atoms with Gasteiger partial charge in [0.2, 0.25) is 5.79 Å². The van der Waals surface area contributed by atoms with E-state index in [9.17, 15) is 0 Å². The van der Waals surface area contributed by atoms with Gasteiger partial charge in [0, 0.05) is 12.8 Å². The van der Waals surface area contributed by atoms with Crippen molar-refractivity contribution < 1.29 is 14.9 Å². The molecule has 3 nitrogen and oxygen atoms in total. The molecule has 0 unspecified atom stereocenters. The predicted molar refractivity (Wildman–Crippen MR) is 50.3 cm³/mol. The minimum Gasteiger partial charge on any atom is -0.343 e. The summed E-state index contributed by atoms with van der Waals surface area (Å²) in [5.74, 6) is -0.716. The summed E-state index contributed by atoms with van der Waals surface area (Å²) >= 11 is 0. The van der Waals surface area contributed by atoms with Gasteiger partial charge in [-0.25, -0.2) is 10.1 Å². The highest BCUT2D eigenvalue weighted by Gasteiger charge is 2.36. The molecular weight excluding hydrogens is 168 g/mol. The summed E-state index contributed by atoms with van der Waals surface area (Å²) in [7, 11) is 0. The van der Waals surface area contributed by atoms with Crippen LogP contribution in [0.15, 0.2) is 11.6 Å². The normalized spacial score (nSPS) is 20.2. The van der Waals surface area contributed by atoms with Gasteiger partial charge in [-0.2, -0.15) is 0 Å². The smallest absolute Gasteiger partial charge is 0.201 e. The summed E-state index contributed by atoms with van der Waals surface area (Å²) in [5.41, 5.74) is 1.21. The van der Waals surface area contributed by atoms with Crippen molar-refractivity contribution in [1.29, 1.82) is 0 Å².